The fraction of sp³-hybridized carbons (Fsp3) is 0.333. The maximum atomic E-state index is 12.2. The number of carbonyl (C=O) groups excluding carboxylic acids is 2. The van der Waals surface area contributed by atoms with Crippen LogP contribution in [0.3, 0.4) is 0 Å². The summed E-state index contributed by atoms with van der Waals surface area (Å²) in [6.07, 6.45) is 1.25. The third-order valence-electron chi connectivity index (χ3n) is 4.19. The van der Waals surface area contributed by atoms with Crippen molar-refractivity contribution in [1.29, 1.82) is 0 Å². The third kappa shape index (κ3) is 3.76. The number of rotatable bonds is 4. The van der Waals surface area contributed by atoms with Crippen molar-refractivity contribution in [3.8, 4) is 0 Å². The molecule has 0 unspecified atom stereocenters. The van der Waals surface area contributed by atoms with E-state index in [4.69, 9.17) is 0 Å². The summed E-state index contributed by atoms with van der Waals surface area (Å²) in [5.41, 5.74) is 3.02. The number of carbonyl (C=O) groups is 2. The van der Waals surface area contributed by atoms with E-state index in [0.29, 0.717) is 6.42 Å². The SMILES string of the molecule is C[C@H](NC(=O)N[C@@H](C)c1cccs1)c1ccc2c(c1)CCC(=O)N2. The predicted molar refractivity (Wildman–Crippen MR) is 96.2 cm³/mol. The lowest BCUT2D eigenvalue weighted by Crippen LogP contribution is -2.38. The zero-order chi connectivity index (χ0) is 17.1. The maximum absolute atomic E-state index is 12.2. The fourth-order valence-corrected chi connectivity index (χ4v) is 3.53. The number of aryl methyl sites for hydroxylation is 1. The van der Waals surface area contributed by atoms with Crippen LogP contribution in [0.1, 0.15) is 48.4 Å². The number of nitrogens with one attached hydrogen (secondary N) is 3. The lowest BCUT2D eigenvalue weighted by Gasteiger charge is -2.21. The van der Waals surface area contributed by atoms with Gasteiger partial charge in [0.25, 0.3) is 0 Å². The summed E-state index contributed by atoms with van der Waals surface area (Å²) < 4.78 is 0. The van der Waals surface area contributed by atoms with E-state index >= 15 is 0 Å². The van der Waals surface area contributed by atoms with E-state index in [9.17, 15) is 9.59 Å². The Balaban J connectivity index is 1.61. The van der Waals surface area contributed by atoms with Gasteiger partial charge in [-0.05, 0) is 48.9 Å². The van der Waals surface area contributed by atoms with Gasteiger partial charge in [-0.1, -0.05) is 18.2 Å². The molecule has 0 saturated carbocycles. The quantitative estimate of drug-likeness (QED) is 0.791. The Morgan fingerprint density at radius 1 is 1.17 bits per heavy atom. The van der Waals surface area contributed by atoms with Crippen LogP contribution in [0.4, 0.5) is 10.5 Å². The van der Waals surface area contributed by atoms with E-state index in [2.05, 4.69) is 22.0 Å². The highest BCUT2D eigenvalue weighted by Gasteiger charge is 2.18. The normalized spacial score (nSPS) is 15.8. The number of anilines is 1. The Labute approximate surface area is 145 Å². The summed E-state index contributed by atoms with van der Waals surface area (Å²) in [6.45, 7) is 3.93. The lowest BCUT2D eigenvalue weighted by atomic mass is 9.98. The molecule has 5 nitrogen and oxygen atoms in total. The predicted octanol–water partition coefficient (Wildman–Crippen LogP) is 3.75. The maximum Gasteiger partial charge on any atom is 0.315 e. The summed E-state index contributed by atoms with van der Waals surface area (Å²) in [6, 6.07) is 9.59. The van der Waals surface area contributed by atoms with Crippen molar-refractivity contribution in [1.82, 2.24) is 10.6 Å². The molecule has 3 N–H and O–H groups in total. The third-order valence-corrected chi connectivity index (χ3v) is 5.24. The van der Waals surface area contributed by atoms with Gasteiger partial charge < -0.3 is 16.0 Å². The minimum absolute atomic E-state index is 0.0176. The molecule has 2 aromatic rings. The molecule has 1 aromatic carbocycles. The Hall–Kier alpha value is -2.34. The molecule has 0 spiro atoms. The van der Waals surface area contributed by atoms with Gasteiger partial charge in [-0.3, -0.25) is 4.79 Å². The number of fused-ring (bicyclic) bond motifs is 1. The van der Waals surface area contributed by atoms with Crippen LogP contribution in [0.2, 0.25) is 0 Å². The molecule has 1 aliphatic rings. The molecule has 3 amide bonds. The topological polar surface area (TPSA) is 70.2 Å². The number of benzene rings is 1. The summed E-state index contributed by atoms with van der Waals surface area (Å²) in [7, 11) is 0. The minimum Gasteiger partial charge on any atom is -0.332 e. The fourth-order valence-electron chi connectivity index (χ4n) is 2.80. The van der Waals surface area contributed by atoms with Crippen LogP contribution in [0.5, 0.6) is 0 Å². The van der Waals surface area contributed by atoms with E-state index in [0.717, 1.165) is 28.1 Å². The van der Waals surface area contributed by atoms with Crippen LogP contribution in [0, 0.1) is 0 Å². The van der Waals surface area contributed by atoms with Crippen LogP contribution in [-0.2, 0) is 11.2 Å². The number of hydrogen-bond donors (Lipinski definition) is 3. The van der Waals surface area contributed by atoms with Crippen LogP contribution in [0.25, 0.3) is 0 Å². The zero-order valence-corrected chi connectivity index (χ0v) is 14.6. The molecule has 0 fully saturated rings. The van der Waals surface area contributed by atoms with Gasteiger partial charge in [0, 0.05) is 17.0 Å². The highest BCUT2D eigenvalue weighted by Crippen LogP contribution is 2.26. The van der Waals surface area contributed by atoms with Gasteiger partial charge in [0.05, 0.1) is 12.1 Å². The average Bonchev–Trinajstić information content (AvgIpc) is 3.08. The van der Waals surface area contributed by atoms with Gasteiger partial charge in [0.15, 0.2) is 0 Å². The number of urea groups is 1. The van der Waals surface area contributed by atoms with Gasteiger partial charge in [0.2, 0.25) is 5.91 Å². The number of hydrogen-bond acceptors (Lipinski definition) is 3. The minimum atomic E-state index is -0.186. The molecule has 3 rings (SSSR count). The molecule has 1 aromatic heterocycles. The van der Waals surface area contributed by atoms with Crippen molar-refractivity contribution in [2.24, 2.45) is 0 Å². The Bertz CT molecular complexity index is 743. The first-order chi connectivity index (χ1) is 11.5. The first-order valence-electron chi connectivity index (χ1n) is 8.06. The number of thiophene rings is 1. The standard InChI is InChI=1S/C18H21N3O2S/c1-11(19-18(23)20-12(2)16-4-3-9-24-16)13-5-7-15-14(10-13)6-8-17(22)21-15/h3-5,7,9-12H,6,8H2,1-2H3,(H,21,22)(H2,19,20,23)/t11-,12-/m0/s1. The molecule has 0 saturated heterocycles. The van der Waals surface area contributed by atoms with Crippen molar-refractivity contribution >= 4 is 29.0 Å². The van der Waals surface area contributed by atoms with Crippen molar-refractivity contribution in [3.05, 3.63) is 51.7 Å². The van der Waals surface area contributed by atoms with E-state index in [1.54, 1.807) is 11.3 Å². The smallest absolute Gasteiger partial charge is 0.315 e. The molecule has 126 valence electrons. The van der Waals surface area contributed by atoms with E-state index in [-0.39, 0.29) is 24.0 Å². The second-order valence-corrected chi connectivity index (χ2v) is 7.02. The largest absolute Gasteiger partial charge is 0.332 e. The molecular formula is C18H21N3O2S. The Kier molecular flexibility index (Phi) is 4.85. The molecule has 24 heavy (non-hydrogen) atoms. The highest BCUT2D eigenvalue weighted by molar-refractivity contribution is 7.10. The summed E-state index contributed by atoms with van der Waals surface area (Å²) >= 11 is 1.63. The zero-order valence-electron chi connectivity index (χ0n) is 13.8. The Morgan fingerprint density at radius 2 is 1.96 bits per heavy atom. The van der Waals surface area contributed by atoms with E-state index in [1.165, 1.54) is 0 Å². The van der Waals surface area contributed by atoms with Crippen molar-refractivity contribution in [2.75, 3.05) is 5.32 Å². The number of amides is 3. The second kappa shape index (κ2) is 7.05. The summed E-state index contributed by atoms with van der Waals surface area (Å²) in [5.74, 6) is 0.0587. The highest BCUT2D eigenvalue weighted by atomic mass is 32.1. The molecule has 0 bridgehead atoms. The van der Waals surface area contributed by atoms with Crippen LogP contribution < -0.4 is 16.0 Å². The summed E-state index contributed by atoms with van der Waals surface area (Å²) in [4.78, 5) is 24.7. The van der Waals surface area contributed by atoms with Crippen LogP contribution in [-0.4, -0.2) is 11.9 Å². The molecule has 6 heteroatoms. The van der Waals surface area contributed by atoms with Crippen molar-refractivity contribution in [2.45, 2.75) is 38.8 Å². The van der Waals surface area contributed by atoms with E-state index in [1.807, 2.05) is 43.5 Å². The first-order valence-corrected chi connectivity index (χ1v) is 8.94. The second-order valence-electron chi connectivity index (χ2n) is 6.04. The lowest BCUT2D eigenvalue weighted by molar-refractivity contribution is -0.116. The van der Waals surface area contributed by atoms with Crippen LogP contribution in [0.15, 0.2) is 35.7 Å². The monoisotopic (exact) mass is 343 g/mol. The first kappa shape index (κ1) is 16.5. The molecule has 1 aliphatic heterocycles. The van der Waals surface area contributed by atoms with Gasteiger partial charge in [-0.15, -0.1) is 11.3 Å². The van der Waals surface area contributed by atoms with Gasteiger partial charge in [0.1, 0.15) is 0 Å². The van der Waals surface area contributed by atoms with E-state index < -0.39 is 0 Å². The molecule has 2 atom stereocenters. The molecule has 0 radical (unpaired) electrons. The molecule has 2 heterocycles. The van der Waals surface area contributed by atoms with Crippen molar-refractivity contribution < 1.29 is 9.59 Å². The van der Waals surface area contributed by atoms with Gasteiger partial charge in [-0.2, -0.15) is 0 Å². The summed E-state index contributed by atoms with van der Waals surface area (Å²) in [5, 5.41) is 10.8. The van der Waals surface area contributed by atoms with Gasteiger partial charge >= 0.3 is 6.03 Å². The Morgan fingerprint density at radius 3 is 2.71 bits per heavy atom. The van der Waals surface area contributed by atoms with Gasteiger partial charge in [-0.25, -0.2) is 4.79 Å². The molecular weight excluding hydrogens is 322 g/mol. The molecule has 0 aliphatic carbocycles. The average molecular weight is 343 g/mol. The van der Waals surface area contributed by atoms with Crippen LogP contribution >= 0.6 is 11.3 Å². The van der Waals surface area contributed by atoms with Crippen molar-refractivity contribution in [3.63, 3.8) is 0 Å².